The Morgan fingerprint density at radius 3 is 2.56 bits per heavy atom. The van der Waals surface area contributed by atoms with Crippen LogP contribution >= 0.6 is 11.6 Å². The van der Waals surface area contributed by atoms with E-state index in [1.54, 1.807) is 43.3 Å². The molecular formula is C12H11ClN2O. The Morgan fingerprint density at radius 1 is 1.44 bits per heavy atom. The van der Waals surface area contributed by atoms with E-state index in [1.807, 2.05) is 6.07 Å². The normalized spacial score (nSPS) is 10.8. The van der Waals surface area contributed by atoms with Gasteiger partial charge in [-0.1, -0.05) is 23.7 Å². The van der Waals surface area contributed by atoms with Gasteiger partial charge in [-0.05, 0) is 12.1 Å². The van der Waals surface area contributed by atoms with Gasteiger partial charge in [0.2, 0.25) is 5.78 Å². The van der Waals surface area contributed by atoms with Crippen LogP contribution in [0.4, 0.5) is 0 Å². The second kappa shape index (κ2) is 5.34. The van der Waals surface area contributed by atoms with Gasteiger partial charge in [0.05, 0.1) is 5.02 Å². The number of ketones is 1. The summed E-state index contributed by atoms with van der Waals surface area (Å²) in [4.78, 5) is 13.6. The van der Waals surface area contributed by atoms with Crippen LogP contribution in [0.15, 0.2) is 36.0 Å². The molecule has 0 aliphatic heterocycles. The molecular weight excluding hydrogens is 224 g/mol. The Balaban J connectivity index is 3.12. The van der Waals surface area contributed by atoms with Gasteiger partial charge in [0.25, 0.3) is 0 Å². The van der Waals surface area contributed by atoms with E-state index in [2.05, 4.69) is 0 Å². The average Bonchev–Trinajstić information content (AvgIpc) is 2.25. The maximum absolute atomic E-state index is 11.9. The molecule has 0 atom stereocenters. The molecule has 0 saturated heterocycles. The smallest absolute Gasteiger partial charge is 0.206 e. The molecule has 0 fully saturated rings. The van der Waals surface area contributed by atoms with Gasteiger partial charge in [-0.3, -0.25) is 4.79 Å². The largest absolute Gasteiger partial charge is 0.382 e. The van der Waals surface area contributed by atoms with E-state index in [9.17, 15) is 4.79 Å². The number of hydrogen-bond acceptors (Lipinski definition) is 3. The summed E-state index contributed by atoms with van der Waals surface area (Å²) in [5.41, 5.74) is 0.414. The topological polar surface area (TPSA) is 44.1 Å². The van der Waals surface area contributed by atoms with Crippen molar-refractivity contribution in [2.75, 3.05) is 14.1 Å². The maximum atomic E-state index is 11.9. The quantitative estimate of drug-likeness (QED) is 0.459. The van der Waals surface area contributed by atoms with Gasteiger partial charge in [0, 0.05) is 25.9 Å². The summed E-state index contributed by atoms with van der Waals surface area (Å²) < 4.78 is 0. The highest BCUT2D eigenvalue weighted by atomic mass is 35.5. The predicted octanol–water partition coefficient (Wildman–Crippen LogP) is 2.49. The Labute approximate surface area is 99.5 Å². The van der Waals surface area contributed by atoms with Gasteiger partial charge in [-0.25, -0.2) is 0 Å². The molecule has 1 aromatic carbocycles. The van der Waals surface area contributed by atoms with E-state index in [0.717, 1.165) is 0 Å². The first-order valence-corrected chi connectivity index (χ1v) is 5.01. The van der Waals surface area contributed by atoms with Crippen molar-refractivity contribution in [3.63, 3.8) is 0 Å². The zero-order valence-corrected chi connectivity index (χ0v) is 9.82. The minimum atomic E-state index is -0.359. The van der Waals surface area contributed by atoms with E-state index in [-0.39, 0.29) is 11.4 Å². The van der Waals surface area contributed by atoms with Crippen molar-refractivity contribution < 1.29 is 4.79 Å². The first-order valence-electron chi connectivity index (χ1n) is 4.64. The molecule has 0 unspecified atom stereocenters. The minimum absolute atomic E-state index is 0.0677. The van der Waals surface area contributed by atoms with Crippen molar-refractivity contribution in [1.82, 2.24) is 4.90 Å². The number of rotatable bonds is 3. The van der Waals surface area contributed by atoms with Crippen LogP contribution in [0.25, 0.3) is 0 Å². The number of nitriles is 1. The number of carbonyl (C=O) groups excluding carboxylic acids is 1. The third kappa shape index (κ3) is 2.85. The zero-order chi connectivity index (χ0) is 12.1. The van der Waals surface area contributed by atoms with Crippen LogP contribution in [-0.2, 0) is 0 Å². The number of allylic oxidation sites excluding steroid dienone is 1. The second-order valence-electron chi connectivity index (χ2n) is 3.43. The molecule has 0 radical (unpaired) electrons. The van der Waals surface area contributed by atoms with Crippen LogP contribution in [-0.4, -0.2) is 24.8 Å². The molecule has 0 aliphatic carbocycles. The number of Topliss-reactive ketones (excluding diaryl/α,β-unsaturated/α-hetero) is 1. The summed E-state index contributed by atoms with van der Waals surface area (Å²) in [5, 5.41) is 9.24. The van der Waals surface area contributed by atoms with E-state index in [4.69, 9.17) is 16.9 Å². The summed E-state index contributed by atoms with van der Waals surface area (Å²) in [5.74, 6) is -0.359. The van der Waals surface area contributed by atoms with Gasteiger partial charge < -0.3 is 4.90 Å². The van der Waals surface area contributed by atoms with E-state index < -0.39 is 0 Å². The molecule has 0 bridgehead atoms. The van der Waals surface area contributed by atoms with Crippen LogP contribution in [0.5, 0.6) is 0 Å². The third-order valence-corrected chi connectivity index (χ3v) is 2.20. The molecule has 0 heterocycles. The highest BCUT2D eigenvalue weighted by Gasteiger charge is 2.14. The monoisotopic (exact) mass is 234 g/mol. The lowest BCUT2D eigenvalue weighted by atomic mass is 10.1. The Hall–Kier alpha value is -1.79. The highest BCUT2D eigenvalue weighted by Crippen LogP contribution is 2.18. The van der Waals surface area contributed by atoms with Gasteiger partial charge >= 0.3 is 0 Å². The van der Waals surface area contributed by atoms with Crippen LogP contribution in [0.2, 0.25) is 5.02 Å². The zero-order valence-electron chi connectivity index (χ0n) is 9.07. The standard InChI is InChI=1S/C12H11ClN2O/c1-15(2)8-9(7-14)12(16)10-5-3-4-6-11(10)13/h3-6,8H,1-2H3. The van der Waals surface area contributed by atoms with E-state index in [1.165, 1.54) is 6.20 Å². The summed E-state index contributed by atoms with van der Waals surface area (Å²) in [7, 11) is 3.49. The van der Waals surface area contributed by atoms with Crippen molar-refractivity contribution in [1.29, 1.82) is 5.26 Å². The fraction of sp³-hybridized carbons (Fsp3) is 0.167. The third-order valence-electron chi connectivity index (χ3n) is 1.87. The first-order chi connectivity index (χ1) is 7.56. The Kier molecular flexibility index (Phi) is 4.10. The van der Waals surface area contributed by atoms with Crippen LogP contribution in [0, 0.1) is 11.3 Å². The number of hydrogen-bond donors (Lipinski definition) is 0. The van der Waals surface area contributed by atoms with E-state index >= 15 is 0 Å². The average molecular weight is 235 g/mol. The van der Waals surface area contributed by atoms with Crippen molar-refractivity contribution in [3.8, 4) is 6.07 Å². The number of carbonyl (C=O) groups is 1. The first kappa shape index (κ1) is 12.3. The molecule has 0 saturated carbocycles. The molecule has 0 aromatic heterocycles. The lowest BCUT2D eigenvalue weighted by Crippen LogP contribution is -2.09. The van der Waals surface area contributed by atoms with Crippen molar-refractivity contribution in [2.45, 2.75) is 0 Å². The fourth-order valence-electron chi connectivity index (χ4n) is 1.19. The van der Waals surface area contributed by atoms with E-state index in [0.29, 0.717) is 10.6 Å². The number of benzene rings is 1. The van der Waals surface area contributed by atoms with Crippen molar-refractivity contribution in [2.24, 2.45) is 0 Å². The number of halogens is 1. The van der Waals surface area contributed by atoms with Gasteiger partial charge in [-0.2, -0.15) is 5.26 Å². The Morgan fingerprint density at radius 2 is 2.06 bits per heavy atom. The van der Waals surface area contributed by atoms with Crippen molar-refractivity contribution >= 4 is 17.4 Å². The predicted molar refractivity (Wildman–Crippen MR) is 63.2 cm³/mol. The molecule has 1 rings (SSSR count). The summed E-state index contributed by atoms with van der Waals surface area (Å²) in [6.45, 7) is 0. The number of nitrogens with zero attached hydrogens (tertiary/aromatic N) is 2. The molecule has 0 spiro atoms. The molecule has 3 nitrogen and oxygen atoms in total. The minimum Gasteiger partial charge on any atom is -0.382 e. The molecule has 4 heteroatoms. The molecule has 1 aromatic rings. The fourth-order valence-corrected chi connectivity index (χ4v) is 1.41. The molecule has 82 valence electrons. The molecule has 0 amide bonds. The Bertz CT molecular complexity index is 472. The van der Waals surface area contributed by atoms with Crippen LogP contribution < -0.4 is 0 Å². The van der Waals surface area contributed by atoms with Gasteiger partial charge in [-0.15, -0.1) is 0 Å². The molecule has 0 aliphatic rings. The SMILES string of the molecule is CN(C)C=C(C#N)C(=O)c1ccccc1Cl. The van der Waals surface area contributed by atoms with Gasteiger partial charge in [0.15, 0.2) is 0 Å². The molecule has 16 heavy (non-hydrogen) atoms. The molecule has 0 N–H and O–H groups in total. The summed E-state index contributed by atoms with van der Waals surface area (Å²) in [6, 6.07) is 8.55. The summed E-state index contributed by atoms with van der Waals surface area (Å²) >= 11 is 5.89. The lowest BCUT2D eigenvalue weighted by molar-refractivity contribution is 0.103. The summed E-state index contributed by atoms with van der Waals surface area (Å²) in [6.07, 6.45) is 1.48. The maximum Gasteiger partial charge on any atom is 0.206 e. The van der Waals surface area contributed by atoms with Crippen molar-refractivity contribution in [3.05, 3.63) is 46.6 Å². The van der Waals surface area contributed by atoms with Crippen LogP contribution in [0.1, 0.15) is 10.4 Å². The van der Waals surface area contributed by atoms with Crippen LogP contribution in [0.3, 0.4) is 0 Å². The van der Waals surface area contributed by atoms with Gasteiger partial charge in [0.1, 0.15) is 11.6 Å². The second-order valence-corrected chi connectivity index (χ2v) is 3.83. The highest BCUT2D eigenvalue weighted by molar-refractivity contribution is 6.35. The lowest BCUT2D eigenvalue weighted by Gasteiger charge is -2.06.